The summed E-state index contributed by atoms with van der Waals surface area (Å²) < 4.78 is 16.8. The molecule has 2 aromatic carbocycles. The number of amides is 1. The Bertz CT molecular complexity index is 1850. The fraction of sp³-hybridized carbons (Fsp3) is 0.442. The van der Waals surface area contributed by atoms with E-state index in [9.17, 15) is 9.59 Å². The number of aromatic nitrogens is 2. The van der Waals surface area contributed by atoms with Crippen LogP contribution in [0.5, 0.6) is 0 Å². The van der Waals surface area contributed by atoms with Gasteiger partial charge in [-0.1, -0.05) is 0 Å². The number of pyridine rings is 2. The molecule has 56 heavy (non-hydrogen) atoms. The molecule has 0 saturated carbocycles. The van der Waals surface area contributed by atoms with E-state index in [1.165, 1.54) is 11.3 Å². The molecule has 2 aliphatic heterocycles. The van der Waals surface area contributed by atoms with Crippen molar-refractivity contribution in [3.63, 3.8) is 0 Å². The highest BCUT2D eigenvalue weighted by Gasteiger charge is 2.26. The van der Waals surface area contributed by atoms with Gasteiger partial charge in [0.1, 0.15) is 11.3 Å². The van der Waals surface area contributed by atoms with Crippen LogP contribution in [0.25, 0.3) is 0 Å². The lowest BCUT2D eigenvalue weighted by molar-refractivity contribution is -0.142. The zero-order valence-electron chi connectivity index (χ0n) is 33.9. The van der Waals surface area contributed by atoms with Gasteiger partial charge in [-0.3, -0.25) is 14.8 Å². The number of nitrogens with one attached hydrogen (secondary N) is 3. The molecule has 4 aromatic rings. The zero-order chi connectivity index (χ0) is 40.1. The van der Waals surface area contributed by atoms with Crippen molar-refractivity contribution < 1.29 is 23.8 Å². The monoisotopic (exact) mass is 766 g/mol. The third-order valence-corrected chi connectivity index (χ3v) is 9.05. The first kappa shape index (κ1) is 41.9. The van der Waals surface area contributed by atoms with Crippen LogP contribution >= 0.6 is 0 Å². The molecule has 300 valence electrons. The van der Waals surface area contributed by atoms with Crippen LogP contribution in [0.1, 0.15) is 68.2 Å². The molecule has 0 spiro atoms. The molecule has 13 heteroatoms. The fourth-order valence-electron chi connectivity index (χ4n) is 6.45. The van der Waals surface area contributed by atoms with Crippen LogP contribution in [0.2, 0.25) is 0 Å². The number of anilines is 6. The number of carbonyl (C=O) groups excluding carboxylic acids is 2. The molecule has 4 heterocycles. The second kappa shape index (κ2) is 20.1. The van der Waals surface area contributed by atoms with Gasteiger partial charge in [-0.2, -0.15) is 0 Å². The van der Waals surface area contributed by atoms with Gasteiger partial charge in [-0.25, -0.2) is 4.79 Å². The van der Waals surface area contributed by atoms with E-state index in [0.717, 1.165) is 85.2 Å². The summed E-state index contributed by atoms with van der Waals surface area (Å²) in [4.78, 5) is 38.1. The molecule has 0 aliphatic carbocycles. The summed E-state index contributed by atoms with van der Waals surface area (Å²) in [5.41, 5.74) is 9.25. The Balaban J connectivity index is 0.000000234. The number of piperazine rings is 2. The maximum Gasteiger partial charge on any atom is 0.410 e. The highest BCUT2D eigenvalue weighted by Crippen LogP contribution is 2.28. The standard InChI is InChI=1S/C26H38N4O4.C17H20N4O/c1-7-32-24(33-8-2)23-10-9-20(18-27-23)28-21-15-19(3)16-22(17-21)29-11-13-30(14-12-29)25(31)34-26(4,5)6;1-13-8-16(20-14-2-3-15(12-22)19-11-14)10-17(9-13)21-6-4-18-5-7-21/h9-10,15-18,24,28H,7-8,11-14H2,1-6H3;2-3,8-12,18,20H,4-7H2,1H3. The molecule has 2 saturated heterocycles. The Morgan fingerprint density at radius 1 is 0.750 bits per heavy atom. The van der Waals surface area contributed by atoms with Crippen molar-refractivity contribution in [3.05, 3.63) is 95.6 Å². The van der Waals surface area contributed by atoms with E-state index in [-0.39, 0.29) is 6.09 Å². The second-order valence-electron chi connectivity index (χ2n) is 14.9. The predicted octanol–water partition coefficient (Wildman–Crippen LogP) is 7.62. The minimum absolute atomic E-state index is 0.245. The van der Waals surface area contributed by atoms with E-state index in [1.807, 2.05) is 52.8 Å². The van der Waals surface area contributed by atoms with Crippen LogP contribution < -0.4 is 25.8 Å². The van der Waals surface area contributed by atoms with Crippen LogP contribution in [-0.2, 0) is 14.2 Å². The number of benzene rings is 2. The quantitative estimate of drug-likeness (QED) is 0.0968. The molecular formula is C43H58N8O5. The lowest BCUT2D eigenvalue weighted by atomic mass is 10.1. The highest BCUT2D eigenvalue weighted by molar-refractivity contribution is 5.73. The average Bonchev–Trinajstić information content (AvgIpc) is 3.18. The van der Waals surface area contributed by atoms with E-state index in [4.69, 9.17) is 14.2 Å². The Kier molecular flexibility index (Phi) is 15.0. The van der Waals surface area contributed by atoms with E-state index in [0.29, 0.717) is 32.0 Å². The summed E-state index contributed by atoms with van der Waals surface area (Å²) in [7, 11) is 0. The van der Waals surface area contributed by atoms with Crippen LogP contribution in [0, 0.1) is 13.8 Å². The van der Waals surface area contributed by atoms with Gasteiger partial charge in [-0.15, -0.1) is 0 Å². The molecular weight excluding hydrogens is 709 g/mol. The smallest absolute Gasteiger partial charge is 0.410 e. The van der Waals surface area contributed by atoms with Crippen molar-refractivity contribution >= 4 is 46.5 Å². The van der Waals surface area contributed by atoms with Crippen LogP contribution in [0.4, 0.5) is 38.9 Å². The van der Waals surface area contributed by atoms with Crippen LogP contribution in [-0.4, -0.2) is 98.4 Å². The summed E-state index contributed by atoms with van der Waals surface area (Å²) in [6, 6.07) is 20.4. The molecule has 0 unspecified atom stereocenters. The van der Waals surface area contributed by atoms with Crippen LogP contribution in [0.15, 0.2) is 73.1 Å². The number of carbonyl (C=O) groups is 2. The average molecular weight is 767 g/mol. The Labute approximate surface area is 331 Å². The lowest BCUT2D eigenvalue weighted by Gasteiger charge is -2.37. The molecule has 3 N–H and O–H groups in total. The minimum atomic E-state index is -0.481. The first-order valence-electron chi connectivity index (χ1n) is 19.5. The van der Waals surface area contributed by atoms with Gasteiger partial charge in [0.05, 0.1) is 29.5 Å². The SMILES string of the molecule is CCOC(OCC)c1ccc(Nc2cc(C)cc(N3CCN(C(=O)OC(C)(C)C)CC3)c2)cn1.Cc1cc(Nc2ccc(C=O)nc2)cc(N2CCNCC2)c1. The summed E-state index contributed by atoms with van der Waals surface area (Å²) in [6.07, 6.45) is 3.52. The number of aldehydes is 1. The molecule has 0 atom stereocenters. The van der Waals surface area contributed by atoms with E-state index >= 15 is 0 Å². The van der Waals surface area contributed by atoms with Crippen molar-refractivity contribution in [2.45, 2.75) is 60.4 Å². The van der Waals surface area contributed by atoms with Gasteiger partial charge in [0.2, 0.25) is 6.29 Å². The van der Waals surface area contributed by atoms with Crippen LogP contribution in [0.3, 0.4) is 0 Å². The number of aryl methyl sites for hydroxylation is 2. The van der Waals surface area contributed by atoms with Crippen molar-refractivity contribution in [1.82, 2.24) is 20.2 Å². The third kappa shape index (κ3) is 12.7. The number of rotatable bonds is 12. The van der Waals surface area contributed by atoms with Gasteiger partial charge >= 0.3 is 6.09 Å². The zero-order valence-corrected chi connectivity index (χ0v) is 33.9. The van der Waals surface area contributed by atoms with E-state index in [2.05, 4.69) is 86.0 Å². The number of hydrogen-bond acceptors (Lipinski definition) is 12. The van der Waals surface area contributed by atoms with Crippen molar-refractivity contribution in [2.24, 2.45) is 0 Å². The second-order valence-corrected chi connectivity index (χ2v) is 14.9. The van der Waals surface area contributed by atoms with Gasteiger partial charge in [-0.05, 0) is 120 Å². The highest BCUT2D eigenvalue weighted by atomic mass is 16.7. The molecule has 2 aliphatic rings. The molecule has 13 nitrogen and oxygen atoms in total. The summed E-state index contributed by atoms with van der Waals surface area (Å²) in [6.45, 7) is 21.7. The van der Waals surface area contributed by atoms with Crippen molar-refractivity contribution in [1.29, 1.82) is 0 Å². The molecule has 6 rings (SSSR count). The van der Waals surface area contributed by atoms with Crippen molar-refractivity contribution in [3.8, 4) is 0 Å². The van der Waals surface area contributed by atoms with Gasteiger partial charge in [0.25, 0.3) is 0 Å². The van der Waals surface area contributed by atoms with Crippen molar-refractivity contribution in [2.75, 3.05) is 86.0 Å². The summed E-state index contributed by atoms with van der Waals surface area (Å²) in [5.74, 6) is 0. The maximum atomic E-state index is 12.4. The topological polar surface area (TPSA) is 133 Å². The first-order valence-corrected chi connectivity index (χ1v) is 19.5. The number of ether oxygens (including phenoxy) is 3. The Morgan fingerprint density at radius 2 is 1.29 bits per heavy atom. The van der Waals surface area contributed by atoms with Gasteiger partial charge in [0.15, 0.2) is 6.29 Å². The Morgan fingerprint density at radius 3 is 1.75 bits per heavy atom. The number of hydrogen-bond donors (Lipinski definition) is 3. The predicted molar refractivity (Wildman–Crippen MR) is 224 cm³/mol. The summed E-state index contributed by atoms with van der Waals surface area (Å²) in [5, 5.41) is 10.2. The molecule has 0 radical (unpaired) electrons. The van der Waals surface area contributed by atoms with E-state index < -0.39 is 11.9 Å². The third-order valence-electron chi connectivity index (χ3n) is 9.05. The minimum Gasteiger partial charge on any atom is -0.444 e. The molecule has 1 amide bonds. The molecule has 0 bridgehead atoms. The molecule has 2 fully saturated rings. The normalized spacial score (nSPS) is 14.5. The first-order chi connectivity index (χ1) is 26.9. The lowest BCUT2D eigenvalue weighted by Crippen LogP contribution is -2.50. The number of nitrogens with zero attached hydrogens (tertiary/aromatic N) is 5. The van der Waals surface area contributed by atoms with Gasteiger partial charge in [0, 0.05) is 88.3 Å². The summed E-state index contributed by atoms with van der Waals surface area (Å²) >= 11 is 0. The maximum absolute atomic E-state index is 12.4. The Hall–Kier alpha value is -5.24. The molecule has 2 aromatic heterocycles. The van der Waals surface area contributed by atoms with Gasteiger partial charge < -0.3 is 44.9 Å². The fourth-order valence-corrected chi connectivity index (χ4v) is 6.45. The largest absolute Gasteiger partial charge is 0.444 e. The van der Waals surface area contributed by atoms with E-state index in [1.54, 1.807) is 23.4 Å².